The Labute approximate surface area is 164 Å². The highest BCUT2D eigenvalue weighted by Gasteiger charge is 2.13. The third-order valence-electron chi connectivity index (χ3n) is 3.70. The molecule has 0 spiro atoms. The van der Waals surface area contributed by atoms with Crippen LogP contribution >= 0.6 is 34.8 Å². The van der Waals surface area contributed by atoms with Crippen molar-refractivity contribution in [1.82, 2.24) is 9.97 Å². The molecule has 0 aliphatic heterocycles. The summed E-state index contributed by atoms with van der Waals surface area (Å²) < 4.78 is 10.5. The predicted molar refractivity (Wildman–Crippen MR) is 106 cm³/mol. The van der Waals surface area contributed by atoms with Gasteiger partial charge in [-0.25, -0.2) is 4.98 Å². The number of nitrogens with zero attached hydrogens (tertiary/aromatic N) is 1. The van der Waals surface area contributed by atoms with Gasteiger partial charge < -0.3 is 14.5 Å². The smallest absolute Gasteiger partial charge is 0.259 e. The topological polar surface area (TPSA) is 64.2 Å². The summed E-state index contributed by atoms with van der Waals surface area (Å²) in [7, 11) is 3.00. The molecule has 5 nitrogen and oxygen atoms in total. The molecule has 3 aromatic rings. The number of rotatable bonds is 4. The van der Waals surface area contributed by atoms with E-state index in [1.807, 2.05) is 0 Å². The van der Waals surface area contributed by atoms with E-state index in [-0.39, 0.29) is 16.4 Å². The normalized spacial score (nSPS) is 11.7. The second-order valence-corrected chi connectivity index (χ2v) is 6.47. The van der Waals surface area contributed by atoms with Gasteiger partial charge in [-0.15, -0.1) is 0 Å². The minimum Gasteiger partial charge on any atom is -0.493 e. The maximum Gasteiger partial charge on any atom is 0.259 e. The number of ether oxygens (including phenoxy) is 2. The number of H-pyrrole nitrogens is 1. The van der Waals surface area contributed by atoms with Gasteiger partial charge in [0.25, 0.3) is 5.56 Å². The van der Waals surface area contributed by atoms with Crippen LogP contribution in [-0.2, 0) is 0 Å². The van der Waals surface area contributed by atoms with E-state index in [0.29, 0.717) is 38.0 Å². The first-order chi connectivity index (χ1) is 12.4. The molecular weight excluding hydrogens is 399 g/mol. The maximum atomic E-state index is 12.4. The predicted octanol–water partition coefficient (Wildman–Crippen LogP) is 4.98. The molecule has 8 heteroatoms. The minimum absolute atomic E-state index is 0.201. The van der Waals surface area contributed by atoms with Crippen molar-refractivity contribution < 1.29 is 9.47 Å². The van der Waals surface area contributed by atoms with E-state index in [4.69, 9.17) is 44.3 Å². The zero-order valence-corrected chi connectivity index (χ0v) is 16.0. The number of methoxy groups -OCH3 is 2. The van der Waals surface area contributed by atoms with Gasteiger partial charge in [-0.1, -0.05) is 46.9 Å². The SMILES string of the molecule is COc1cc2nc(/C(Cl)=C/c3cccc(Cl)c3Cl)[nH]c(=O)c2cc1OC. The van der Waals surface area contributed by atoms with E-state index in [1.54, 1.807) is 36.4 Å². The lowest BCUT2D eigenvalue weighted by Crippen LogP contribution is -2.11. The summed E-state index contributed by atoms with van der Waals surface area (Å²) in [5.41, 5.74) is 0.680. The molecule has 0 aliphatic carbocycles. The summed E-state index contributed by atoms with van der Waals surface area (Å²) in [4.78, 5) is 19.5. The molecule has 0 unspecified atom stereocenters. The summed E-state index contributed by atoms with van der Waals surface area (Å²) in [5.74, 6) is 1.10. The van der Waals surface area contributed by atoms with Gasteiger partial charge >= 0.3 is 0 Å². The van der Waals surface area contributed by atoms with Crippen LogP contribution in [0.1, 0.15) is 11.4 Å². The summed E-state index contributed by atoms with van der Waals surface area (Å²) in [6.07, 6.45) is 1.58. The van der Waals surface area contributed by atoms with Crippen LogP contribution in [0.5, 0.6) is 11.5 Å². The summed E-state index contributed by atoms with van der Waals surface area (Å²) >= 11 is 18.5. The molecule has 26 heavy (non-hydrogen) atoms. The number of benzene rings is 2. The summed E-state index contributed by atoms with van der Waals surface area (Å²) in [5, 5.41) is 1.34. The lowest BCUT2D eigenvalue weighted by atomic mass is 10.2. The van der Waals surface area contributed by atoms with Gasteiger partial charge in [-0.05, 0) is 23.8 Å². The summed E-state index contributed by atoms with van der Waals surface area (Å²) in [6.45, 7) is 0. The zero-order valence-electron chi connectivity index (χ0n) is 13.8. The Morgan fingerprint density at radius 2 is 1.85 bits per heavy atom. The molecular formula is C18H13Cl3N2O3. The molecule has 0 fully saturated rings. The Morgan fingerprint density at radius 1 is 1.15 bits per heavy atom. The monoisotopic (exact) mass is 410 g/mol. The first-order valence-corrected chi connectivity index (χ1v) is 8.55. The van der Waals surface area contributed by atoms with Crippen LogP contribution in [0.2, 0.25) is 10.0 Å². The fourth-order valence-electron chi connectivity index (χ4n) is 2.42. The van der Waals surface area contributed by atoms with E-state index in [9.17, 15) is 4.79 Å². The number of fused-ring (bicyclic) bond motifs is 1. The molecule has 0 saturated carbocycles. The second kappa shape index (κ2) is 7.58. The van der Waals surface area contributed by atoms with Crippen LogP contribution in [0, 0.1) is 0 Å². The Balaban J connectivity index is 2.15. The number of halogens is 3. The first kappa shape index (κ1) is 18.6. The third-order valence-corrected chi connectivity index (χ3v) is 4.82. The van der Waals surface area contributed by atoms with Crippen LogP contribution in [0.15, 0.2) is 35.1 Å². The van der Waals surface area contributed by atoms with Crippen molar-refractivity contribution in [2.45, 2.75) is 0 Å². The van der Waals surface area contributed by atoms with Gasteiger partial charge in [0.2, 0.25) is 0 Å². The largest absolute Gasteiger partial charge is 0.493 e. The Kier molecular flexibility index (Phi) is 5.41. The van der Waals surface area contributed by atoms with Crippen LogP contribution < -0.4 is 15.0 Å². The Hall–Kier alpha value is -2.21. The van der Waals surface area contributed by atoms with E-state index in [1.165, 1.54) is 14.2 Å². The molecule has 0 amide bonds. The standard InChI is InChI=1S/C18H13Cl3N2O3/c1-25-14-7-10-13(8-15(14)26-2)22-17(23-18(10)24)12(20)6-9-4-3-5-11(19)16(9)21/h3-8H,1-2H3,(H,22,23,24)/b12-6-. The van der Waals surface area contributed by atoms with Crippen molar-refractivity contribution in [3.05, 3.63) is 62.1 Å². The lowest BCUT2D eigenvalue weighted by molar-refractivity contribution is 0.355. The van der Waals surface area contributed by atoms with E-state index < -0.39 is 0 Å². The average molecular weight is 412 g/mol. The number of aromatic amines is 1. The molecule has 1 aromatic heterocycles. The molecule has 134 valence electrons. The van der Waals surface area contributed by atoms with E-state index in [2.05, 4.69) is 9.97 Å². The van der Waals surface area contributed by atoms with Crippen molar-refractivity contribution in [3.8, 4) is 11.5 Å². The minimum atomic E-state index is -0.352. The van der Waals surface area contributed by atoms with Gasteiger partial charge in [0.15, 0.2) is 17.3 Å². The maximum absolute atomic E-state index is 12.4. The van der Waals surface area contributed by atoms with Crippen molar-refractivity contribution >= 4 is 56.8 Å². The van der Waals surface area contributed by atoms with E-state index in [0.717, 1.165) is 0 Å². The van der Waals surface area contributed by atoms with Crippen LogP contribution in [0.4, 0.5) is 0 Å². The van der Waals surface area contributed by atoms with Gasteiger partial charge in [0.05, 0.1) is 40.2 Å². The highest BCUT2D eigenvalue weighted by molar-refractivity contribution is 6.51. The first-order valence-electron chi connectivity index (χ1n) is 7.42. The number of nitrogens with one attached hydrogen (secondary N) is 1. The van der Waals surface area contributed by atoms with Gasteiger partial charge in [-0.3, -0.25) is 4.79 Å². The van der Waals surface area contributed by atoms with E-state index >= 15 is 0 Å². The van der Waals surface area contributed by atoms with Crippen LogP contribution in [-0.4, -0.2) is 24.2 Å². The fourth-order valence-corrected chi connectivity index (χ4v) is 2.99. The third kappa shape index (κ3) is 3.51. The zero-order chi connectivity index (χ0) is 18.8. The summed E-state index contributed by atoms with van der Waals surface area (Å²) in [6, 6.07) is 8.35. The van der Waals surface area contributed by atoms with Crippen molar-refractivity contribution in [1.29, 1.82) is 0 Å². The average Bonchev–Trinajstić information content (AvgIpc) is 2.64. The van der Waals surface area contributed by atoms with Gasteiger partial charge in [-0.2, -0.15) is 0 Å². The molecule has 0 aliphatic rings. The molecule has 1 N–H and O–H groups in total. The molecule has 2 aromatic carbocycles. The van der Waals surface area contributed by atoms with Crippen molar-refractivity contribution in [3.63, 3.8) is 0 Å². The molecule has 1 heterocycles. The van der Waals surface area contributed by atoms with Crippen molar-refractivity contribution in [2.24, 2.45) is 0 Å². The van der Waals surface area contributed by atoms with Gasteiger partial charge in [0, 0.05) is 6.07 Å². The highest BCUT2D eigenvalue weighted by atomic mass is 35.5. The molecule has 3 rings (SSSR count). The lowest BCUT2D eigenvalue weighted by Gasteiger charge is -2.09. The Bertz CT molecular complexity index is 1080. The number of aromatic nitrogens is 2. The highest BCUT2D eigenvalue weighted by Crippen LogP contribution is 2.32. The number of hydrogen-bond acceptors (Lipinski definition) is 4. The number of hydrogen-bond donors (Lipinski definition) is 1. The molecule has 0 saturated heterocycles. The molecule has 0 radical (unpaired) electrons. The molecule has 0 atom stereocenters. The quantitative estimate of drug-likeness (QED) is 0.657. The van der Waals surface area contributed by atoms with Crippen LogP contribution in [0.3, 0.4) is 0 Å². The second-order valence-electron chi connectivity index (χ2n) is 5.27. The fraction of sp³-hybridized carbons (Fsp3) is 0.111. The molecule has 0 bridgehead atoms. The van der Waals surface area contributed by atoms with Gasteiger partial charge in [0.1, 0.15) is 0 Å². The van der Waals surface area contributed by atoms with Crippen LogP contribution in [0.25, 0.3) is 22.0 Å². The van der Waals surface area contributed by atoms with Crippen molar-refractivity contribution in [2.75, 3.05) is 14.2 Å². The Morgan fingerprint density at radius 3 is 2.54 bits per heavy atom.